The summed E-state index contributed by atoms with van der Waals surface area (Å²) in [6.45, 7) is 3.92. The Morgan fingerprint density at radius 1 is 1.00 bits per heavy atom. The van der Waals surface area contributed by atoms with Crippen LogP contribution in [-0.2, 0) is 12.8 Å². The molecular weight excluding hydrogens is 482 g/mol. The topological polar surface area (TPSA) is 12.4 Å². The van der Waals surface area contributed by atoms with Gasteiger partial charge in [-0.2, -0.15) is 4.99 Å². The molecule has 1 aliphatic rings. The molecule has 0 saturated heterocycles. The van der Waals surface area contributed by atoms with Gasteiger partial charge in [0, 0.05) is 5.56 Å². The van der Waals surface area contributed by atoms with Gasteiger partial charge in [-0.1, -0.05) is 44.1 Å². The van der Waals surface area contributed by atoms with Crippen LogP contribution in [0.1, 0.15) is 60.4 Å². The number of hydrogen-bond acceptors (Lipinski definition) is 2. The normalized spacial score (nSPS) is 14.4. The molecule has 36 heavy (non-hydrogen) atoms. The van der Waals surface area contributed by atoms with Crippen LogP contribution < -0.4 is 0 Å². The van der Waals surface area contributed by atoms with E-state index in [1.807, 2.05) is 5.16 Å². The highest BCUT2D eigenvalue weighted by Gasteiger charge is 2.24. The van der Waals surface area contributed by atoms with Gasteiger partial charge in [-0.3, -0.25) is 0 Å². The lowest BCUT2D eigenvalue weighted by Gasteiger charge is -2.25. The molecule has 0 aliphatic heterocycles. The number of aliphatic imine (C=N–C) groups is 1. The SMILES string of the molecule is CCCCC1CCc2c(cc(F)c(C#Cc3ccc(-c4cc(F)c(N=C=S)c(F)c4)c(C)c3)c2F)C1. The van der Waals surface area contributed by atoms with E-state index in [0.717, 1.165) is 31.2 Å². The number of nitrogens with zero attached hydrogens (tertiary/aromatic N) is 1. The molecule has 184 valence electrons. The second-order valence-corrected chi connectivity index (χ2v) is 9.39. The monoisotopic (exact) mass is 507 g/mol. The summed E-state index contributed by atoms with van der Waals surface area (Å²) in [6.07, 6.45) is 5.54. The maximum atomic E-state index is 15.2. The lowest BCUT2D eigenvalue weighted by Crippen LogP contribution is -2.17. The van der Waals surface area contributed by atoms with Crippen molar-refractivity contribution in [2.24, 2.45) is 10.9 Å². The first-order valence-electron chi connectivity index (χ1n) is 12.0. The van der Waals surface area contributed by atoms with E-state index in [4.69, 9.17) is 0 Å². The summed E-state index contributed by atoms with van der Waals surface area (Å²) >= 11 is 4.43. The van der Waals surface area contributed by atoms with Crippen molar-refractivity contribution < 1.29 is 17.6 Å². The van der Waals surface area contributed by atoms with E-state index in [1.165, 1.54) is 18.2 Å². The van der Waals surface area contributed by atoms with E-state index in [-0.39, 0.29) is 5.56 Å². The van der Waals surface area contributed by atoms with Crippen LogP contribution in [0.15, 0.2) is 41.4 Å². The van der Waals surface area contributed by atoms with Gasteiger partial charge in [0.25, 0.3) is 0 Å². The quantitative estimate of drug-likeness (QED) is 0.146. The number of aryl methyl sites for hydroxylation is 1. The fourth-order valence-corrected chi connectivity index (χ4v) is 4.94. The zero-order chi connectivity index (χ0) is 25.8. The molecular formula is C30H25F4NS. The molecule has 0 fully saturated rings. The van der Waals surface area contributed by atoms with Gasteiger partial charge < -0.3 is 0 Å². The largest absolute Gasteiger partial charge is 0.206 e. The molecule has 0 aromatic heterocycles. The van der Waals surface area contributed by atoms with Gasteiger partial charge in [0.2, 0.25) is 0 Å². The molecule has 1 nitrogen and oxygen atoms in total. The molecule has 0 radical (unpaired) electrons. The third kappa shape index (κ3) is 5.43. The summed E-state index contributed by atoms with van der Waals surface area (Å²) in [6, 6.07) is 8.83. The van der Waals surface area contributed by atoms with Gasteiger partial charge in [0.05, 0.1) is 10.7 Å². The molecule has 0 bridgehead atoms. The second-order valence-electron chi connectivity index (χ2n) is 9.21. The first-order chi connectivity index (χ1) is 17.3. The Labute approximate surface area is 214 Å². The van der Waals surface area contributed by atoms with Crippen molar-refractivity contribution in [3.63, 3.8) is 0 Å². The Hall–Kier alpha value is -3.26. The van der Waals surface area contributed by atoms with E-state index in [1.54, 1.807) is 25.1 Å². The summed E-state index contributed by atoms with van der Waals surface area (Å²) in [5, 5.41) is 1.96. The summed E-state index contributed by atoms with van der Waals surface area (Å²) in [7, 11) is 0. The molecule has 0 N–H and O–H groups in total. The number of rotatable bonds is 5. The Bertz CT molecular complexity index is 1400. The highest BCUT2D eigenvalue weighted by atomic mass is 32.1. The van der Waals surface area contributed by atoms with Crippen molar-refractivity contribution in [1.29, 1.82) is 0 Å². The Morgan fingerprint density at radius 2 is 1.75 bits per heavy atom. The minimum atomic E-state index is -0.847. The van der Waals surface area contributed by atoms with Crippen LogP contribution in [0.5, 0.6) is 0 Å². The third-order valence-electron chi connectivity index (χ3n) is 6.73. The molecule has 4 rings (SSSR count). The molecule has 1 atom stereocenters. The van der Waals surface area contributed by atoms with Gasteiger partial charge in [0.1, 0.15) is 17.3 Å². The van der Waals surface area contributed by atoms with Gasteiger partial charge in [-0.15, -0.1) is 0 Å². The highest BCUT2D eigenvalue weighted by molar-refractivity contribution is 7.78. The van der Waals surface area contributed by atoms with Crippen LogP contribution in [0.4, 0.5) is 23.2 Å². The van der Waals surface area contributed by atoms with Crippen molar-refractivity contribution in [1.82, 2.24) is 0 Å². The first kappa shape index (κ1) is 25.8. The summed E-state index contributed by atoms with van der Waals surface area (Å²) in [5.74, 6) is 3.08. The molecule has 1 unspecified atom stereocenters. The van der Waals surface area contributed by atoms with Crippen LogP contribution in [0.3, 0.4) is 0 Å². The molecule has 0 amide bonds. The number of fused-ring (bicyclic) bond motifs is 1. The summed E-state index contributed by atoms with van der Waals surface area (Å²) in [5.41, 5.74) is 2.79. The minimum absolute atomic E-state index is 0.221. The van der Waals surface area contributed by atoms with Crippen LogP contribution in [0, 0.1) is 48.0 Å². The van der Waals surface area contributed by atoms with Gasteiger partial charge in [0.15, 0.2) is 11.6 Å². The second kappa shape index (κ2) is 11.2. The van der Waals surface area contributed by atoms with Crippen molar-refractivity contribution in [2.75, 3.05) is 0 Å². The zero-order valence-electron chi connectivity index (χ0n) is 20.2. The minimum Gasteiger partial charge on any atom is -0.206 e. The standard InChI is InChI=1S/C30H25F4NS/c1-3-4-5-19-7-10-24-21(13-19)14-26(31)25(29(24)34)11-8-20-6-9-23(18(2)12-20)22-15-27(32)30(35-17-36)28(33)16-22/h6,9,12,14-16,19H,3-5,7,10,13H2,1-2H3. The molecule has 3 aromatic rings. The predicted octanol–water partition coefficient (Wildman–Crippen LogP) is 8.65. The lowest BCUT2D eigenvalue weighted by molar-refractivity contribution is 0.402. The van der Waals surface area contributed by atoms with E-state index >= 15 is 4.39 Å². The van der Waals surface area contributed by atoms with Crippen molar-refractivity contribution >= 4 is 23.1 Å². The predicted molar refractivity (Wildman–Crippen MR) is 139 cm³/mol. The molecule has 0 saturated carbocycles. The van der Waals surface area contributed by atoms with Gasteiger partial charge in [-0.25, -0.2) is 17.6 Å². The smallest absolute Gasteiger partial charge is 0.153 e. The van der Waals surface area contributed by atoms with E-state index in [0.29, 0.717) is 46.6 Å². The number of benzene rings is 3. The average Bonchev–Trinajstić information content (AvgIpc) is 2.84. The Kier molecular flexibility index (Phi) is 8.04. The van der Waals surface area contributed by atoms with Crippen molar-refractivity contribution in [3.8, 4) is 23.0 Å². The summed E-state index contributed by atoms with van der Waals surface area (Å²) < 4.78 is 58.5. The van der Waals surface area contributed by atoms with E-state index in [2.05, 4.69) is 36.0 Å². The van der Waals surface area contributed by atoms with Crippen molar-refractivity contribution in [3.05, 3.63) is 87.5 Å². The lowest BCUT2D eigenvalue weighted by atomic mass is 9.80. The molecule has 3 aromatic carbocycles. The van der Waals surface area contributed by atoms with E-state index < -0.39 is 29.0 Å². The van der Waals surface area contributed by atoms with Crippen LogP contribution in [0.25, 0.3) is 11.1 Å². The van der Waals surface area contributed by atoms with Gasteiger partial charge in [-0.05, 0) is 102 Å². The number of thiocarbonyl (C=S) groups is 1. The van der Waals surface area contributed by atoms with Crippen LogP contribution >= 0.6 is 12.2 Å². The maximum absolute atomic E-state index is 15.2. The molecule has 0 heterocycles. The maximum Gasteiger partial charge on any atom is 0.153 e. The Morgan fingerprint density at radius 3 is 2.42 bits per heavy atom. The molecule has 6 heteroatoms. The summed E-state index contributed by atoms with van der Waals surface area (Å²) in [4.78, 5) is 3.42. The average molecular weight is 508 g/mol. The Balaban J connectivity index is 1.61. The van der Waals surface area contributed by atoms with Crippen molar-refractivity contribution in [2.45, 2.75) is 52.4 Å². The number of halogens is 4. The van der Waals surface area contributed by atoms with Crippen LogP contribution in [0.2, 0.25) is 0 Å². The fourth-order valence-electron chi connectivity index (χ4n) is 4.85. The highest BCUT2D eigenvalue weighted by Crippen LogP contribution is 2.33. The molecule has 1 aliphatic carbocycles. The number of isothiocyanates is 1. The zero-order valence-corrected chi connectivity index (χ0v) is 21.0. The number of hydrogen-bond donors (Lipinski definition) is 0. The fraction of sp³-hybridized carbons (Fsp3) is 0.300. The van der Waals surface area contributed by atoms with Gasteiger partial charge >= 0.3 is 0 Å². The molecule has 0 spiro atoms. The van der Waals surface area contributed by atoms with E-state index in [9.17, 15) is 13.2 Å². The first-order valence-corrected chi connectivity index (χ1v) is 12.4. The third-order valence-corrected chi connectivity index (χ3v) is 6.82. The number of unbranched alkanes of at least 4 members (excludes halogenated alkanes) is 1. The van der Waals surface area contributed by atoms with Crippen LogP contribution in [-0.4, -0.2) is 5.16 Å².